The van der Waals surface area contributed by atoms with Crippen LogP contribution in [-0.4, -0.2) is 29.9 Å². The second kappa shape index (κ2) is 6.84. The Morgan fingerprint density at radius 1 is 1.33 bits per heavy atom. The third-order valence-electron chi connectivity index (χ3n) is 4.86. The van der Waals surface area contributed by atoms with Gasteiger partial charge in [-0.05, 0) is 65.8 Å². The summed E-state index contributed by atoms with van der Waals surface area (Å²) in [5.74, 6) is 1.31. The van der Waals surface area contributed by atoms with Crippen molar-refractivity contribution in [2.24, 2.45) is 17.6 Å². The van der Waals surface area contributed by atoms with E-state index in [9.17, 15) is 4.79 Å². The Morgan fingerprint density at radius 3 is 2.81 bits per heavy atom. The molecule has 1 saturated carbocycles. The van der Waals surface area contributed by atoms with E-state index in [-0.39, 0.29) is 24.4 Å². The van der Waals surface area contributed by atoms with E-state index in [0.29, 0.717) is 11.8 Å². The van der Waals surface area contributed by atoms with Crippen LogP contribution in [0.5, 0.6) is 0 Å². The van der Waals surface area contributed by atoms with Crippen LogP contribution in [0.3, 0.4) is 0 Å². The van der Waals surface area contributed by atoms with Crippen LogP contribution < -0.4 is 5.73 Å². The molecule has 2 fully saturated rings. The van der Waals surface area contributed by atoms with Gasteiger partial charge < -0.3 is 10.6 Å². The number of carbonyl (C=O) groups excluding carboxylic acids is 1. The van der Waals surface area contributed by atoms with E-state index in [2.05, 4.69) is 35.6 Å². The molecule has 3 atom stereocenters. The number of amides is 1. The molecule has 1 aromatic carbocycles. The molecule has 0 spiro atoms. The molecule has 1 aliphatic carbocycles. The maximum atomic E-state index is 12.8. The van der Waals surface area contributed by atoms with Crippen LogP contribution in [-0.2, 0) is 0 Å². The highest BCUT2D eigenvalue weighted by molar-refractivity contribution is 14.1. The molecule has 2 N–H and O–H groups in total. The molecule has 1 saturated heterocycles. The number of rotatable bonds is 1. The molecular weight excluding hydrogens is 399 g/mol. The van der Waals surface area contributed by atoms with Crippen molar-refractivity contribution in [3.05, 3.63) is 32.9 Å². The largest absolute Gasteiger partial charge is 0.338 e. The molecule has 1 heterocycles. The summed E-state index contributed by atoms with van der Waals surface area (Å²) in [5.41, 5.74) is 8.25. The van der Waals surface area contributed by atoms with Crippen molar-refractivity contribution in [3.8, 4) is 0 Å². The highest BCUT2D eigenvalue weighted by Gasteiger charge is 2.40. The van der Waals surface area contributed by atoms with Crippen molar-refractivity contribution >= 4 is 40.9 Å². The molecule has 21 heavy (non-hydrogen) atoms. The first-order valence-electron chi connectivity index (χ1n) is 7.38. The van der Waals surface area contributed by atoms with Gasteiger partial charge in [-0.25, -0.2) is 0 Å². The van der Waals surface area contributed by atoms with Crippen LogP contribution in [0.1, 0.15) is 35.2 Å². The number of fused-ring (bicyclic) bond motifs is 1. The van der Waals surface area contributed by atoms with E-state index in [1.807, 2.05) is 17.0 Å². The maximum Gasteiger partial charge on any atom is 0.254 e. The SMILES string of the molecule is Cc1cccc(C(=O)N2CC3CCCC(N)C3C2)c1I.Cl. The normalized spacial score (nSPS) is 28.0. The number of nitrogens with zero attached hydrogens (tertiary/aromatic N) is 1. The molecule has 0 bridgehead atoms. The lowest BCUT2D eigenvalue weighted by atomic mass is 9.78. The van der Waals surface area contributed by atoms with Gasteiger partial charge in [0.2, 0.25) is 0 Å². The lowest BCUT2D eigenvalue weighted by Crippen LogP contribution is -2.38. The predicted molar refractivity (Wildman–Crippen MR) is 95.9 cm³/mol. The molecule has 0 aromatic heterocycles. The molecule has 1 aliphatic heterocycles. The predicted octanol–water partition coefficient (Wildman–Crippen LogP) is 3.22. The van der Waals surface area contributed by atoms with Crippen LogP contribution in [0, 0.1) is 22.3 Å². The second-order valence-corrected chi connectivity index (χ2v) is 7.24. The van der Waals surface area contributed by atoms with Gasteiger partial charge in [-0.15, -0.1) is 12.4 Å². The van der Waals surface area contributed by atoms with Gasteiger partial charge in [0.15, 0.2) is 0 Å². The Labute approximate surface area is 146 Å². The van der Waals surface area contributed by atoms with Gasteiger partial charge in [0.05, 0.1) is 5.56 Å². The number of hydrogen-bond donors (Lipinski definition) is 1. The number of nitrogens with two attached hydrogens (primary N) is 1. The van der Waals surface area contributed by atoms with Crippen LogP contribution in [0.25, 0.3) is 0 Å². The average Bonchev–Trinajstić information content (AvgIpc) is 2.87. The number of aryl methyl sites for hydroxylation is 1. The van der Waals surface area contributed by atoms with E-state index in [1.54, 1.807) is 0 Å². The van der Waals surface area contributed by atoms with Crippen molar-refractivity contribution in [2.75, 3.05) is 13.1 Å². The first-order valence-corrected chi connectivity index (χ1v) is 8.45. The van der Waals surface area contributed by atoms with E-state index >= 15 is 0 Å². The van der Waals surface area contributed by atoms with E-state index in [1.165, 1.54) is 18.4 Å². The number of benzene rings is 1. The maximum absolute atomic E-state index is 12.8. The van der Waals surface area contributed by atoms with Crippen molar-refractivity contribution in [3.63, 3.8) is 0 Å². The molecule has 5 heteroatoms. The Kier molecular flexibility index (Phi) is 5.54. The molecule has 2 aliphatic rings. The number of carbonyl (C=O) groups is 1. The monoisotopic (exact) mass is 420 g/mol. The highest BCUT2D eigenvalue weighted by atomic mass is 127. The Balaban J connectivity index is 0.00000161. The van der Waals surface area contributed by atoms with Crippen LogP contribution in [0.4, 0.5) is 0 Å². The lowest BCUT2D eigenvalue weighted by molar-refractivity contribution is 0.0782. The number of halogens is 2. The summed E-state index contributed by atoms with van der Waals surface area (Å²) in [6.45, 7) is 3.79. The minimum Gasteiger partial charge on any atom is -0.338 e. The summed E-state index contributed by atoms with van der Waals surface area (Å²) >= 11 is 2.28. The van der Waals surface area contributed by atoms with E-state index < -0.39 is 0 Å². The fourth-order valence-electron chi connectivity index (χ4n) is 3.67. The van der Waals surface area contributed by atoms with Crippen molar-refractivity contribution in [2.45, 2.75) is 32.2 Å². The first kappa shape index (κ1) is 17.0. The Hall–Kier alpha value is -0.330. The third kappa shape index (κ3) is 3.22. The molecule has 3 unspecified atom stereocenters. The lowest BCUT2D eigenvalue weighted by Gasteiger charge is -2.29. The summed E-state index contributed by atoms with van der Waals surface area (Å²) in [6.07, 6.45) is 3.56. The fourth-order valence-corrected chi connectivity index (χ4v) is 4.26. The van der Waals surface area contributed by atoms with Gasteiger partial charge in [0, 0.05) is 22.7 Å². The zero-order valence-electron chi connectivity index (χ0n) is 12.2. The van der Waals surface area contributed by atoms with Gasteiger partial charge in [-0.3, -0.25) is 4.79 Å². The quantitative estimate of drug-likeness (QED) is 0.709. The average molecular weight is 421 g/mol. The zero-order chi connectivity index (χ0) is 14.3. The van der Waals surface area contributed by atoms with Gasteiger partial charge in [-0.2, -0.15) is 0 Å². The fraction of sp³-hybridized carbons (Fsp3) is 0.562. The summed E-state index contributed by atoms with van der Waals surface area (Å²) in [6, 6.07) is 6.25. The second-order valence-electron chi connectivity index (χ2n) is 6.17. The van der Waals surface area contributed by atoms with Crippen LogP contribution in [0.15, 0.2) is 18.2 Å². The van der Waals surface area contributed by atoms with Gasteiger partial charge in [0.1, 0.15) is 0 Å². The van der Waals surface area contributed by atoms with Crippen LogP contribution in [0.2, 0.25) is 0 Å². The minimum absolute atomic E-state index is 0. The van der Waals surface area contributed by atoms with Crippen LogP contribution >= 0.6 is 35.0 Å². The Morgan fingerprint density at radius 2 is 2.10 bits per heavy atom. The summed E-state index contributed by atoms with van der Waals surface area (Å²) in [4.78, 5) is 14.8. The summed E-state index contributed by atoms with van der Waals surface area (Å²) < 4.78 is 1.08. The topological polar surface area (TPSA) is 46.3 Å². The molecule has 0 radical (unpaired) electrons. The van der Waals surface area contributed by atoms with E-state index in [0.717, 1.165) is 28.6 Å². The molecule has 1 amide bonds. The van der Waals surface area contributed by atoms with Crippen molar-refractivity contribution in [1.82, 2.24) is 4.90 Å². The molecule has 116 valence electrons. The first-order chi connectivity index (χ1) is 9.58. The molecule has 3 rings (SSSR count). The molecule has 3 nitrogen and oxygen atoms in total. The highest BCUT2D eigenvalue weighted by Crippen LogP contribution is 2.36. The number of hydrogen-bond acceptors (Lipinski definition) is 2. The number of likely N-dealkylation sites (tertiary alicyclic amines) is 1. The minimum atomic E-state index is 0. The molecule has 1 aromatic rings. The summed E-state index contributed by atoms with van der Waals surface area (Å²) in [7, 11) is 0. The standard InChI is InChI=1S/C16H21IN2O.ClH/c1-10-4-2-6-12(15(10)17)16(20)19-8-11-5-3-7-14(18)13(11)9-19;/h2,4,6,11,13-14H,3,5,7-9,18H2,1H3;1H. The van der Waals surface area contributed by atoms with Gasteiger partial charge in [-0.1, -0.05) is 18.6 Å². The Bertz CT molecular complexity index is 537. The van der Waals surface area contributed by atoms with Crippen molar-refractivity contribution in [1.29, 1.82) is 0 Å². The molecular formula is C16H22ClIN2O. The van der Waals surface area contributed by atoms with E-state index in [4.69, 9.17) is 5.73 Å². The van der Waals surface area contributed by atoms with Crippen molar-refractivity contribution < 1.29 is 4.79 Å². The smallest absolute Gasteiger partial charge is 0.254 e. The van der Waals surface area contributed by atoms with Gasteiger partial charge in [0.25, 0.3) is 5.91 Å². The summed E-state index contributed by atoms with van der Waals surface area (Å²) in [5, 5.41) is 0. The zero-order valence-corrected chi connectivity index (χ0v) is 15.2. The third-order valence-corrected chi connectivity index (χ3v) is 6.30. The van der Waals surface area contributed by atoms with Gasteiger partial charge >= 0.3 is 0 Å².